The molecule has 0 aliphatic carbocycles. The molecule has 2 fully saturated rings. The van der Waals surface area contributed by atoms with Gasteiger partial charge in [-0.2, -0.15) is 13.2 Å². The van der Waals surface area contributed by atoms with E-state index in [1.807, 2.05) is 12.3 Å². The maximum Gasteiger partial charge on any atom is 0.433 e. The van der Waals surface area contributed by atoms with E-state index in [1.165, 1.54) is 11.3 Å². The normalized spacial score (nSPS) is 23.0. The van der Waals surface area contributed by atoms with Gasteiger partial charge in [0.25, 0.3) is 0 Å². The molecule has 138 valence electrons. The summed E-state index contributed by atoms with van der Waals surface area (Å²) in [5, 5.41) is 2.87. The van der Waals surface area contributed by atoms with Gasteiger partial charge >= 0.3 is 6.18 Å². The minimum absolute atomic E-state index is 0.000420. The van der Waals surface area contributed by atoms with Gasteiger partial charge in [0.05, 0.1) is 29.3 Å². The van der Waals surface area contributed by atoms with Crippen LogP contribution in [0.2, 0.25) is 0 Å². The molecular weight excluding hydrogens is 367 g/mol. The number of hydrogen-bond donors (Lipinski definition) is 0. The third-order valence-corrected chi connectivity index (χ3v) is 5.67. The summed E-state index contributed by atoms with van der Waals surface area (Å²) in [5.41, 5.74) is -0.119. The molecule has 10 heteroatoms. The van der Waals surface area contributed by atoms with Crippen LogP contribution in [0.15, 0.2) is 17.8 Å². The Morgan fingerprint density at radius 2 is 2.12 bits per heavy atom. The van der Waals surface area contributed by atoms with Crippen LogP contribution in [0.25, 0.3) is 0 Å². The first kappa shape index (κ1) is 17.2. The van der Waals surface area contributed by atoms with E-state index in [4.69, 9.17) is 0 Å². The summed E-state index contributed by atoms with van der Waals surface area (Å²) < 4.78 is 38.7. The maximum atomic E-state index is 12.9. The topological polar surface area (TPSA) is 62.2 Å². The number of nitrogens with zero attached hydrogens (tertiary/aromatic N) is 5. The quantitative estimate of drug-likeness (QED) is 0.816. The van der Waals surface area contributed by atoms with E-state index in [0.717, 1.165) is 23.1 Å². The molecule has 2 aromatic rings. The first-order valence-electron chi connectivity index (χ1n) is 8.19. The number of thiazole rings is 1. The van der Waals surface area contributed by atoms with Crippen molar-refractivity contribution in [3.63, 3.8) is 0 Å². The molecule has 2 aromatic heterocycles. The van der Waals surface area contributed by atoms with Crippen LogP contribution in [-0.4, -0.2) is 44.4 Å². The van der Waals surface area contributed by atoms with Crippen LogP contribution in [0.4, 0.5) is 19.0 Å². The molecule has 0 aromatic carbocycles. The van der Waals surface area contributed by atoms with Gasteiger partial charge in [0.15, 0.2) is 0 Å². The Balaban J connectivity index is 1.55. The van der Waals surface area contributed by atoms with Crippen molar-refractivity contribution in [1.29, 1.82) is 0 Å². The third kappa shape index (κ3) is 3.02. The van der Waals surface area contributed by atoms with Crippen molar-refractivity contribution in [2.75, 3.05) is 11.4 Å². The Morgan fingerprint density at radius 1 is 1.31 bits per heavy atom. The van der Waals surface area contributed by atoms with E-state index in [9.17, 15) is 18.0 Å². The summed E-state index contributed by atoms with van der Waals surface area (Å²) in [6.07, 6.45) is -2.61. The molecule has 26 heavy (non-hydrogen) atoms. The lowest BCUT2D eigenvalue weighted by Crippen LogP contribution is -2.37. The summed E-state index contributed by atoms with van der Waals surface area (Å²) in [4.78, 5) is 27.8. The predicted molar refractivity (Wildman–Crippen MR) is 88.6 cm³/mol. The van der Waals surface area contributed by atoms with Crippen LogP contribution in [-0.2, 0) is 17.5 Å². The Hall–Kier alpha value is -2.23. The molecule has 6 nitrogen and oxygen atoms in total. The van der Waals surface area contributed by atoms with Gasteiger partial charge in [0.1, 0.15) is 17.8 Å². The molecule has 0 N–H and O–H groups in total. The van der Waals surface area contributed by atoms with Gasteiger partial charge in [-0.05, 0) is 13.3 Å². The first-order valence-corrected chi connectivity index (χ1v) is 9.07. The lowest BCUT2D eigenvalue weighted by atomic mass is 10.1. The molecular formula is C16H16F3N5OS. The number of alkyl halides is 3. The van der Waals surface area contributed by atoms with Crippen LogP contribution in [0, 0.1) is 6.92 Å². The zero-order chi connectivity index (χ0) is 18.5. The van der Waals surface area contributed by atoms with E-state index in [-0.39, 0.29) is 30.2 Å². The van der Waals surface area contributed by atoms with Crippen LogP contribution < -0.4 is 4.90 Å². The molecule has 2 aliphatic heterocycles. The van der Waals surface area contributed by atoms with Crippen molar-refractivity contribution in [2.24, 2.45) is 0 Å². The smallest absolute Gasteiger partial charge is 0.351 e. The number of anilines is 1. The second kappa shape index (κ2) is 6.19. The Labute approximate surface area is 151 Å². The van der Waals surface area contributed by atoms with Gasteiger partial charge < -0.3 is 9.80 Å². The van der Waals surface area contributed by atoms with Crippen molar-refractivity contribution in [1.82, 2.24) is 19.9 Å². The standard InChI is InChI=1S/C16H16F3N5OS/c1-9-22-10(7-26-9)6-24-11-2-3-23(12(11)4-15(24)25)14-5-13(16(17,18)19)20-8-21-14/h5,7-8,11-12H,2-4,6H2,1H3/t11-,12-/m0/s1. The van der Waals surface area contributed by atoms with E-state index in [1.54, 1.807) is 9.80 Å². The molecule has 2 aliphatic rings. The number of rotatable bonds is 3. The number of aromatic nitrogens is 3. The first-order chi connectivity index (χ1) is 12.3. The number of amides is 1. The van der Waals surface area contributed by atoms with Crippen LogP contribution in [0.1, 0.15) is 29.2 Å². The summed E-state index contributed by atoms with van der Waals surface area (Å²) in [6.45, 7) is 2.91. The fraction of sp³-hybridized carbons (Fsp3) is 0.500. The highest BCUT2D eigenvalue weighted by molar-refractivity contribution is 7.09. The van der Waals surface area contributed by atoms with Crippen LogP contribution >= 0.6 is 11.3 Å². The van der Waals surface area contributed by atoms with Gasteiger partial charge in [0.2, 0.25) is 5.91 Å². The van der Waals surface area contributed by atoms with E-state index in [2.05, 4.69) is 15.0 Å². The van der Waals surface area contributed by atoms with Crippen LogP contribution in [0.3, 0.4) is 0 Å². The molecule has 0 spiro atoms. The number of hydrogen-bond acceptors (Lipinski definition) is 6. The number of halogens is 3. The number of aryl methyl sites for hydroxylation is 1. The monoisotopic (exact) mass is 383 g/mol. The molecule has 1 amide bonds. The molecule has 0 bridgehead atoms. The van der Waals surface area contributed by atoms with Crippen LogP contribution in [0.5, 0.6) is 0 Å². The highest BCUT2D eigenvalue weighted by Gasteiger charge is 2.47. The summed E-state index contributed by atoms with van der Waals surface area (Å²) >= 11 is 1.53. The van der Waals surface area contributed by atoms with Gasteiger partial charge in [-0.25, -0.2) is 15.0 Å². The average molecular weight is 383 g/mol. The number of carbonyl (C=O) groups is 1. The molecule has 2 saturated heterocycles. The third-order valence-electron chi connectivity index (χ3n) is 4.85. The zero-order valence-corrected chi connectivity index (χ0v) is 14.7. The summed E-state index contributed by atoms with van der Waals surface area (Å²) in [5.74, 6) is 0.222. The largest absolute Gasteiger partial charge is 0.433 e. The second-order valence-corrected chi connectivity index (χ2v) is 7.52. The molecule has 0 unspecified atom stereocenters. The van der Waals surface area contributed by atoms with Gasteiger partial charge in [-0.1, -0.05) is 0 Å². The van der Waals surface area contributed by atoms with Crippen molar-refractivity contribution in [2.45, 2.75) is 44.6 Å². The molecule has 0 saturated carbocycles. The molecule has 0 radical (unpaired) electrons. The number of fused-ring (bicyclic) bond motifs is 1. The molecule has 4 rings (SSSR count). The fourth-order valence-corrected chi connectivity index (χ4v) is 4.34. The fourth-order valence-electron chi connectivity index (χ4n) is 3.73. The van der Waals surface area contributed by atoms with Gasteiger partial charge in [-0.15, -0.1) is 11.3 Å². The molecule has 2 atom stereocenters. The van der Waals surface area contributed by atoms with Crippen molar-refractivity contribution >= 4 is 23.1 Å². The Morgan fingerprint density at radius 3 is 2.81 bits per heavy atom. The van der Waals surface area contributed by atoms with Crippen molar-refractivity contribution < 1.29 is 18.0 Å². The number of likely N-dealkylation sites (tertiary alicyclic amines) is 1. The minimum Gasteiger partial charge on any atom is -0.351 e. The van der Waals surface area contributed by atoms with Crippen molar-refractivity contribution in [3.8, 4) is 0 Å². The Kier molecular flexibility index (Phi) is 4.09. The van der Waals surface area contributed by atoms with Crippen molar-refractivity contribution in [3.05, 3.63) is 34.2 Å². The predicted octanol–water partition coefficient (Wildman–Crippen LogP) is 2.64. The summed E-state index contributed by atoms with van der Waals surface area (Å²) in [7, 11) is 0. The van der Waals surface area contributed by atoms with E-state index >= 15 is 0 Å². The highest BCUT2D eigenvalue weighted by Crippen LogP contribution is 2.37. The summed E-state index contributed by atoms with van der Waals surface area (Å²) in [6, 6.07) is 0.756. The minimum atomic E-state index is -4.52. The maximum absolute atomic E-state index is 12.9. The molecule has 4 heterocycles. The number of carbonyl (C=O) groups excluding carboxylic acids is 1. The Bertz CT molecular complexity index is 839. The van der Waals surface area contributed by atoms with E-state index in [0.29, 0.717) is 19.5 Å². The SMILES string of the molecule is Cc1nc(CN2C(=O)C[C@H]3[C@@H]2CCN3c2cc(C(F)(F)F)ncn2)cs1. The lowest BCUT2D eigenvalue weighted by molar-refractivity contribution is -0.141. The highest BCUT2D eigenvalue weighted by atomic mass is 32.1. The van der Waals surface area contributed by atoms with E-state index < -0.39 is 11.9 Å². The second-order valence-electron chi connectivity index (χ2n) is 6.46. The lowest BCUT2D eigenvalue weighted by Gasteiger charge is -2.26. The average Bonchev–Trinajstić information content (AvgIpc) is 3.25. The zero-order valence-electron chi connectivity index (χ0n) is 13.9. The van der Waals surface area contributed by atoms with Gasteiger partial charge in [-0.3, -0.25) is 4.79 Å². The van der Waals surface area contributed by atoms with Gasteiger partial charge in [0, 0.05) is 24.4 Å².